The third kappa shape index (κ3) is 5.02. The summed E-state index contributed by atoms with van der Waals surface area (Å²) < 4.78 is 58.3. The van der Waals surface area contributed by atoms with Gasteiger partial charge in [-0.05, 0) is 6.42 Å². The van der Waals surface area contributed by atoms with Crippen molar-refractivity contribution in [2.75, 3.05) is 18.3 Å². The van der Waals surface area contributed by atoms with Gasteiger partial charge in [0.05, 0.1) is 0 Å². The third-order valence-electron chi connectivity index (χ3n) is 1.36. The summed E-state index contributed by atoms with van der Waals surface area (Å²) in [5.74, 6) is 0. The van der Waals surface area contributed by atoms with Gasteiger partial charge in [0.25, 0.3) is 0 Å². The van der Waals surface area contributed by atoms with Gasteiger partial charge in [0.1, 0.15) is 11.8 Å². The Balaban J connectivity index is 4.62. The van der Waals surface area contributed by atoms with Crippen LogP contribution in [0.2, 0.25) is 0 Å². The van der Waals surface area contributed by atoms with Crippen LogP contribution in [0.25, 0.3) is 0 Å². The smallest absolute Gasteiger partial charge is 0.211 e. The first kappa shape index (κ1) is 14.0. The van der Waals surface area contributed by atoms with Crippen LogP contribution in [-0.2, 0) is 10.0 Å². The van der Waals surface area contributed by atoms with Gasteiger partial charge in [0.15, 0.2) is 0 Å². The lowest BCUT2D eigenvalue weighted by atomic mass is 10.5. The Bertz CT molecular complexity index is 265. The number of hydrogen-bond acceptors (Lipinski definition) is 2. The van der Waals surface area contributed by atoms with Crippen LogP contribution < -0.4 is 0 Å². The van der Waals surface area contributed by atoms with E-state index in [1.165, 1.54) is 0 Å². The lowest BCUT2D eigenvalue weighted by Crippen LogP contribution is -2.39. The fourth-order valence-corrected chi connectivity index (χ4v) is 2.19. The Labute approximate surface area is 85.9 Å². The van der Waals surface area contributed by atoms with Gasteiger partial charge in [-0.1, -0.05) is 6.92 Å². The molecule has 0 amide bonds. The Morgan fingerprint density at radius 3 is 2.14 bits per heavy atom. The molecule has 0 fully saturated rings. The third-order valence-corrected chi connectivity index (χ3v) is 3.56. The Morgan fingerprint density at radius 1 is 1.36 bits per heavy atom. The van der Waals surface area contributed by atoms with Crippen LogP contribution in [0.1, 0.15) is 13.3 Å². The normalized spacial score (nSPS) is 13.6. The molecule has 0 rings (SSSR count). The van der Waals surface area contributed by atoms with Crippen molar-refractivity contribution in [3.63, 3.8) is 0 Å². The van der Waals surface area contributed by atoms with Crippen LogP contribution in [0.15, 0.2) is 0 Å². The highest BCUT2D eigenvalue weighted by atomic mass is 35.5. The van der Waals surface area contributed by atoms with Gasteiger partial charge in [-0.3, -0.25) is 0 Å². The largest absolute Gasteiger partial charge is 0.402 e. The first-order valence-electron chi connectivity index (χ1n) is 3.83. The molecule has 0 aliphatic heterocycles. The molecule has 0 spiro atoms. The molecule has 0 bridgehead atoms. The minimum absolute atomic E-state index is 0.172. The second-order valence-corrected chi connectivity index (χ2v) is 5.22. The zero-order valence-corrected chi connectivity index (χ0v) is 9.08. The van der Waals surface area contributed by atoms with E-state index in [1.54, 1.807) is 6.92 Å². The highest BCUT2D eigenvalue weighted by Gasteiger charge is 2.35. The molecule has 0 atom stereocenters. The predicted octanol–water partition coefficient (Wildman–Crippen LogP) is 1.79. The molecule has 0 N–H and O–H groups in total. The van der Waals surface area contributed by atoms with E-state index in [-0.39, 0.29) is 6.54 Å². The van der Waals surface area contributed by atoms with Gasteiger partial charge in [0.2, 0.25) is 10.0 Å². The summed E-state index contributed by atoms with van der Waals surface area (Å²) >= 11 is 5.06. The highest BCUT2D eigenvalue weighted by Crippen LogP contribution is 2.19. The highest BCUT2D eigenvalue weighted by molar-refractivity contribution is 7.90. The zero-order valence-electron chi connectivity index (χ0n) is 7.51. The maximum atomic E-state index is 11.9. The van der Waals surface area contributed by atoms with Crippen molar-refractivity contribution in [2.24, 2.45) is 0 Å². The monoisotopic (exact) mass is 253 g/mol. The van der Waals surface area contributed by atoms with E-state index in [0.29, 0.717) is 10.7 Å². The summed E-state index contributed by atoms with van der Waals surface area (Å²) in [6, 6.07) is 0. The average molecular weight is 254 g/mol. The predicted molar refractivity (Wildman–Crippen MR) is 47.6 cm³/mol. The molecule has 0 aromatic rings. The zero-order chi connectivity index (χ0) is 11.4. The van der Waals surface area contributed by atoms with Crippen LogP contribution in [0, 0.1) is 0 Å². The summed E-state index contributed by atoms with van der Waals surface area (Å²) in [7, 11) is -3.98. The fourth-order valence-electron chi connectivity index (χ4n) is 0.835. The Kier molecular flexibility index (Phi) is 5.17. The minimum Gasteiger partial charge on any atom is -0.211 e. The minimum atomic E-state index is -4.53. The van der Waals surface area contributed by atoms with Crippen molar-refractivity contribution in [1.82, 2.24) is 4.31 Å². The van der Waals surface area contributed by atoms with E-state index in [2.05, 4.69) is 0 Å². The lowest BCUT2D eigenvalue weighted by Gasteiger charge is -2.21. The van der Waals surface area contributed by atoms with Crippen LogP contribution in [0.5, 0.6) is 0 Å². The van der Waals surface area contributed by atoms with Gasteiger partial charge in [-0.25, -0.2) is 8.42 Å². The maximum Gasteiger partial charge on any atom is 0.402 e. The second-order valence-electron chi connectivity index (χ2n) is 2.67. The van der Waals surface area contributed by atoms with E-state index >= 15 is 0 Å². The van der Waals surface area contributed by atoms with Crippen LogP contribution in [0.3, 0.4) is 0 Å². The average Bonchev–Trinajstić information content (AvgIpc) is 2.01. The number of halogens is 4. The van der Waals surface area contributed by atoms with Gasteiger partial charge in [-0.2, -0.15) is 17.5 Å². The first-order chi connectivity index (χ1) is 6.23. The summed E-state index contributed by atoms with van der Waals surface area (Å²) in [5.41, 5.74) is 0. The molecule has 0 aliphatic rings. The molecule has 86 valence electrons. The number of alkyl halides is 4. The van der Waals surface area contributed by atoms with Crippen molar-refractivity contribution in [1.29, 1.82) is 0 Å². The molecule has 0 aromatic heterocycles. The van der Waals surface area contributed by atoms with Crippen LogP contribution >= 0.6 is 11.6 Å². The van der Waals surface area contributed by atoms with E-state index in [9.17, 15) is 21.6 Å². The van der Waals surface area contributed by atoms with Gasteiger partial charge in [-0.15, -0.1) is 11.6 Å². The SMILES string of the molecule is CCCN(CC(F)(F)F)S(=O)(=O)CCl. The van der Waals surface area contributed by atoms with Crippen molar-refractivity contribution in [2.45, 2.75) is 19.5 Å². The Hall–Kier alpha value is -0.0100. The Morgan fingerprint density at radius 2 is 1.86 bits per heavy atom. The van der Waals surface area contributed by atoms with Gasteiger partial charge < -0.3 is 0 Å². The van der Waals surface area contributed by atoms with E-state index in [0.717, 1.165) is 0 Å². The number of rotatable bonds is 5. The lowest BCUT2D eigenvalue weighted by molar-refractivity contribution is -0.136. The molecular weight excluding hydrogens is 243 g/mol. The van der Waals surface area contributed by atoms with Crippen molar-refractivity contribution < 1.29 is 21.6 Å². The van der Waals surface area contributed by atoms with Crippen LogP contribution in [0.4, 0.5) is 13.2 Å². The standard InChI is InChI=1S/C6H11ClF3NO2S/c1-2-3-11(4-6(8,9)10)14(12,13)5-7/h2-5H2,1H3. The first-order valence-corrected chi connectivity index (χ1v) is 5.98. The molecule has 14 heavy (non-hydrogen) atoms. The van der Waals surface area contributed by atoms with E-state index in [4.69, 9.17) is 11.6 Å². The number of sulfonamides is 1. The van der Waals surface area contributed by atoms with Gasteiger partial charge in [0, 0.05) is 6.54 Å². The molecule has 0 saturated carbocycles. The molecule has 0 unspecified atom stereocenters. The number of nitrogens with zero attached hydrogens (tertiary/aromatic N) is 1. The molecular formula is C6H11ClF3NO2S. The second kappa shape index (κ2) is 5.18. The summed E-state index contributed by atoms with van der Waals surface area (Å²) in [6.45, 7) is -0.0580. The number of hydrogen-bond donors (Lipinski definition) is 0. The fraction of sp³-hybridized carbons (Fsp3) is 1.00. The maximum absolute atomic E-state index is 11.9. The summed E-state index contributed by atoms with van der Waals surface area (Å²) in [4.78, 5) is 0. The molecule has 8 heteroatoms. The summed E-state index contributed by atoms with van der Waals surface area (Å²) in [6.07, 6.45) is -4.22. The topological polar surface area (TPSA) is 37.4 Å². The summed E-state index contributed by atoms with van der Waals surface area (Å²) in [5, 5.41) is -0.830. The quantitative estimate of drug-likeness (QED) is 0.701. The van der Waals surface area contributed by atoms with Crippen molar-refractivity contribution >= 4 is 21.6 Å². The van der Waals surface area contributed by atoms with Gasteiger partial charge >= 0.3 is 6.18 Å². The molecule has 0 saturated heterocycles. The van der Waals surface area contributed by atoms with Crippen molar-refractivity contribution in [3.05, 3.63) is 0 Å². The molecule has 3 nitrogen and oxygen atoms in total. The molecule has 0 aromatic carbocycles. The van der Waals surface area contributed by atoms with Crippen LogP contribution in [-0.4, -0.2) is 37.2 Å². The van der Waals surface area contributed by atoms with Crippen molar-refractivity contribution in [3.8, 4) is 0 Å². The molecule has 0 aliphatic carbocycles. The van der Waals surface area contributed by atoms with E-state index < -0.39 is 28.0 Å². The molecule has 0 heterocycles. The van der Waals surface area contributed by atoms with E-state index in [1.807, 2.05) is 0 Å². The molecule has 0 radical (unpaired) electrons.